The van der Waals surface area contributed by atoms with E-state index in [0.29, 0.717) is 11.4 Å². The zero-order valence-electron chi connectivity index (χ0n) is 10.9. The summed E-state index contributed by atoms with van der Waals surface area (Å²) in [6, 6.07) is 4.85. The molecule has 0 saturated heterocycles. The van der Waals surface area contributed by atoms with E-state index < -0.39 is 6.04 Å². The van der Waals surface area contributed by atoms with Gasteiger partial charge in [-0.25, -0.2) is 0 Å². The van der Waals surface area contributed by atoms with E-state index in [-0.39, 0.29) is 11.8 Å². The molecule has 1 aromatic rings. The molecule has 1 unspecified atom stereocenters. The quantitative estimate of drug-likeness (QED) is 0.756. The predicted molar refractivity (Wildman–Crippen MR) is 72.4 cm³/mol. The minimum absolute atomic E-state index is 0.149. The molecule has 0 aliphatic carbocycles. The van der Waals surface area contributed by atoms with Gasteiger partial charge in [-0.1, -0.05) is 13.0 Å². The van der Waals surface area contributed by atoms with Crippen molar-refractivity contribution in [1.29, 1.82) is 0 Å². The Hall–Kier alpha value is -1.88. The molecule has 2 amide bonds. The fourth-order valence-corrected chi connectivity index (χ4v) is 1.53. The maximum absolute atomic E-state index is 11.6. The number of hydrogen-bond donors (Lipinski definition) is 3. The molecule has 0 spiro atoms. The summed E-state index contributed by atoms with van der Waals surface area (Å²) in [4.78, 5) is 22.6. The molecule has 0 aliphatic heterocycles. The van der Waals surface area contributed by atoms with E-state index in [2.05, 4.69) is 10.6 Å². The van der Waals surface area contributed by atoms with E-state index in [0.717, 1.165) is 12.0 Å². The number of carbonyl (C=O) groups is 2. The molecule has 4 N–H and O–H groups in total. The summed E-state index contributed by atoms with van der Waals surface area (Å²) in [6.07, 6.45) is 0.787. The molecule has 0 heterocycles. The van der Waals surface area contributed by atoms with Crippen LogP contribution in [0.3, 0.4) is 0 Å². The van der Waals surface area contributed by atoms with Crippen LogP contribution in [-0.2, 0) is 16.0 Å². The van der Waals surface area contributed by atoms with Crippen LogP contribution in [0.2, 0.25) is 0 Å². The van der Waals surface area contributed by atoms with Crippen LogP contribution in [-0.4, -0.2) is 17.9 Å². The van der Waals surface area contributed by atoms with Gasteiger partial charge in [-0.2, -0.15) is 0 Å². The lowest BCUT2D eigenvalue weighted by Gasteiger charge is -2.13. The number of amides is 2. The van der Waals surface area contributed by atoms with Crippen LogP contribution < -0.4 is 16.4 Å². The largest absolute Gasteiger partial charge is 0.326 e. The third-order valence-corrected chi connectivity index (χ3v) is 2.48. The van der Waals surface area contributed by atoms with Crippen molar-refractivity contribution in [3.63, 3.8) is 0 Å². The Morgan fingerprint density at radius 3 is 2.50 bits per heavy atom. The number of nitrogens with one attached hydrogen (secondary N) is 2. The molecule has 0 radical (unpaired) electrons. The van der Waals surface area contributed by atoms with Crippen LogP contribution in [0.25, 0.3) is 0 Å². The number of nitrogens with two attached hydrogens (primary N) is 1. The van der Waals surface area contributed by atoms with Crippen molar-refractivity contribution in [2.24, 2.45) is 5.73 Å². The highest BCUT2D eigenvalue weighted by Crippen LogP contribution is 2.21. The molecule has 1 aromatic carbocycles. The molecule has 1 rings (SSSR count). The van der Waals surface area contributed by atoms with Crippen molar-refractivity contribution in [2.45, 2.75) is 33.2 Å². The molecule has 18 heavy (non-hydrogen) atoms. The average Bonchev–Trinajstić information content (AvgIpc) is 2.28. The normalized spacial score (nSPS) is 11.8. The van der Waals surface area contributed by atoms with Crippen LogP contribution in [0.4, 0.5) is 11.4 Å². The fourth-order valence-electron chi connectivity index (χ4n) is 1.53. The highest BCUT2D eigenvalue weighted by molar-refractivity contribution is 5.96. The molecule has 5 nitrogen and oxygen atoms in total. The molecule has 1 atom stereocenters. The molecule has 0 aromatic heterocycles. The summed E-state index contributed by atoms with van der Waals surface area (Å²) >= 11 is 0. The van der Waals surface area contributed by atoms with Gasteiger partial charge < -0.3 is 16.4 Å². The lowest BCUT2D eigenvalue weighted by molar-refractivity contribution is -0.117. The van der Waals surface area contributed by atoms with Gasteiger partial charge in [0.15, 0.2) is 0 Å². The van der Waals surface area contributed by atoms with Gasteiger partial charge in [-0.3, -0.25) is 9.59 Å². The Morgan fingerprint density at radius 2 is 2.00 bits per heavy atom. The van der Waals surface area contributed by atoms with Crippen molar-refractivity contribution in [1.82, 2.24) is 0 Å². The summed E-state index contributed by atoms with van der Waals surface area (Å²) in [7, 11) is 0. The second-order valence-corrected chi connectivity index (χ2v) is 4.18. The predicted octanol–water partition coefficient (Wildman–Crippen LogP) is 1.49. The molecule has 0 aliphatic rings. The molecule has 0 fully saturated rings. The van der Waals surface area contributed by atoms with Crippen molar-refractivity contribution >= 4 is 23.2 Å². The summed E-state index contributed by atoms with van der Waals surface area (Å²) < 4.78 is 0. The van der Waals surface area contributed by atoms with E-state index >= 15 is 0 Å². The summed E-state index contributed by atoms with van der Waals surface area (Å²) in [5, 5.41) is 5.44. The molecule has 5 heteroatoms. The standard InChI is InChI=1S/C13H19N3O2/c1-4-10-5-6-11(15-9(3)17)7-12(10)16-13(18)8(2)14/h5-8H,4,14H2,1-3H3,(H,15,17)(H,16,18). The summed E-state index contributed by atoms with van der Waals surface area (Å²) in [5.41, 5.74) is 7.85. The first-order valence-electron chi connectivity index (χ1n) is 5.91. The topological polar surface area (TPSA) is 84.2 Å². The van der Waals surface area contributed by atoms with Crippen LogP contribution in [0.5, 0.6) is 0 Å². The van der Waals surface area contributed by atoms with Gasteiger partial charge in [0.1, 0.15) is 0 Å². The van der Waals surface area contributed by atoms with Gasteiger partial charge in [-0.15, -0.1) is 0 Å². The van der Waals surface area contributed by atoms with E-state index in [1.165, 1.54) is 6.92 Å². The minimum atomic E-state index is -0.570. The maximum Gasteiger partial charge on any atom is 0.241 e. The van der Waals surface area contributed by atoms with Crippen LogP contribution in [0, 0.1) is 0 Å². The van der Waals surface area contributed by atoms with Crippen molar-refractivity contribution in [2.75, 3.05) is 10.6 Å². The van der Waals surface area contributed by atoms with Crippen molar-refractivity contribution in [3.8, 4) is 0 Å². The third kappa shape index (κ3) is 3.85. The van der Waals surface area contributed by atoms with Gasteiger partial charge in [0.25, 0.3) is 0 Å². The van der Waals surface area contributed by atoms with E-state index in [4.69, 9.17) is 5.73 Å². The second-order valence-electron chi connectivity index (χ2n) is 4.18. The Morgan fingerprint density at radius 1 is 1.33 bits per heavy atom. The number of hydrogen-bond acceptors (Lipinski definition) is 3. The minimum Gasteiger partial charge on any atom is -0.326 e. The van der Waals surface area contributed by atoms with Crippen LogP contribution in [0.15, 0.2) is 18.2 Å². The zero-order chi connectivity index (χ0) is 13.7. The highest BCUT2D eigenvalue weighted by atomic mass is 16.2. The smallest absolute Gasteiger partial charge is 0.241 e. The molecule has 0 saturated carbocycles. The zero-order valence-corrected chi connectivity index (χ0v) is 10.9. The first-order valence-corrected chi connectivity index (χ1v) is 5.91. The molecule has 98 valence electrons. The Balaban J connectivity index is 2.98. The number of benzene rings is 1. The van der Waals surface area contributed by atoms with E-state index in [1.807, 2.05) is 19.1 Å². The molecular formula is C13H19N3O2. The SMILES string of the molecule is CCc1ccc(NC(C)=O)cc1NC(=O)C(C)N. The van der Waals surface area contributed by atoms with Gasteiger partial charge in [0, 0.05) is 18.3 Å². The van der Waals surface area contributed by atoms with E-state index in [9.17, 15) is 9.59 Å². The highest BCUT2D eigenvalue weighted by Gasteiger charge is 2.10. The van der Waals surface area contributed by atoms with Crippen LogP contribution in [0.1, 0.15) is 26.3 Å². The lowest BCUT2D eigenvalue weighted by Crippen LogP contribution is -2.32. The number of rotatable bonds is 4. The number of anilines is 2. The third-order valence-electron chi connectivity index (χ3n) is 2.48. The first kappa shape index (κ1) is 14.2. The Bertz CT molecular complexity index is 456. The van der Waals surface area contributed by atoms with E-state index in [1.54, 1.807) is 13.0 Å². The number of aryl methyl sites for hydroxylation is 1. The Labute approximate surface area is 107 Å². The second kappa shape index (κ2) is 6.16. The first-order chi connectivity index (χ1) is 8.43. The molecule has 0 bridgehead atoms. The van der Waals surface area contributed by atoms with Gasteiger partial charge >= 0.3 is 0 Å². The van der Waals surface area contributed by atoms with Gasteiger partial charge in [0.05, 0.1) is 6.04 Å². The van der Waals surface area contributed by atoms with Gasteiger partial charge in [-0.05, 0) is 31.0 Å². The summed E-state index contributed by atoms with van der Waals surface area (Å²) in [6.45, 7) is 5.06. The fraction of sp³-hybridized carbons (Fsp3) is 0.385. The van der Waals surface area contributed by atoms with Crippen molar-refractivity contribution in [3.05, 3.63) is 23.8 Å². The van der Waals surface area contributed by atoms with Crippen molar-refractivity contribution < 1.29 is 9.59 Å². The molecular weight excluding hydrogens is 230 g/mol. The summed E-state index contributed by atoms with van der Waals surface area (Å²) in [5.74, 6) is -0.395. The van der Waals surface area contributed by atoms with Gasteiger partial charge in [0.2, 0.25) is 11.8 Å². The number of carbonyl (C=O) groups excluding carboxylic acids is 2. The average molecular weight is 249 g/mol. The van der Waals surface area contributed by atoms with Crippen LogP contribution >= 0.6 is 0 Å². The lowest BCUT2D eigenvalue weighted by atomic mass is 10.1. The monoisotopic (exact) mass is 249 g/mol. The Kier molecular flexibility index (Phi) is 4.85. The maximum atomic E-state index is 11.6.